The zero-order valence-electron chi connectivity index (χ0n) is 16.0. The van der Waals surface area contributed by atoms with Gasteiger partial charge in [0.2, 0.25) is 5.91 Å². The summed E-state index contributed by atoms with van der Waals surface area (Å²) in [4.78, 5) is 17.9. The monoisotopic (exact) mass is 375 g/mol. The van der Waals surface area contributed by atoms with Crippen molar-refractivity contribution in [3.8, 4) is 0 Å². The second-order valence-electron chi connectivity index (χ2n) is 7.65. The zero-order chi connectivity index (χ0) is 19.3. The zero-order valence-corrected chi connectivity index (χ0v) is 16.0. The van der Waals surface area contributed by atoms with Gasteiger partial charge in [0.25, 0.3) is 0 Å². The van der Waals surface area contributed by atoms with Crippen LogP contribution < -0.4 is 16.4 Å². The lowest BCUT2D eigenvalue weighted by molar-refractivity contribution is -0.119. The summed E-state index contributed by atoms with van der Waals surface area (Å²) in [5.74, 6) is 0.354. The van der Waals surface area contributed by atoms with Gasteiger partial charge in [0.1, 0.15) is 5.82 Å². The highest BCUT2D eigenvalue weighted by atomic mass is 19.1. The number of nitrogens with one attached hydrogen (secondary N) is 2. The first-order valence-corrected chi connectivity index (χ1v) is 9.82. The van der Waals surface area contributed by atoms with E-state index in [2.05, 4.69) is 15.5 Å². The topological polar surface area (TPSA) is 82.8 Å². The summed E-state index contributed by atoms with van der Waals surface area (Å²) in [7, 11) is 0. The van der Waals surface area contributed by atoms with Gasteiger partial charge >= 0.3 is 0 Å². The Morgan fingerprint density at radius 2 is 2.11 bits per heavy atom. The van der Waals surface area contributed by atoms with Crippen molar-refractivity contribution >= 4 is 11.9 Å². The van der Waals surface area contributed by atoms with Gasteiger partial charge in [0, 0.05) is 31.1 Å². The number of likely N-dealkylation sites (tertiary alicyclic amines) is 1. The molecule has 1 aromatic carbocycles. The minimum atomic E-state index is -0.275. The smallest absolute Gasteiger partial charge is 0.231 e. The van der Waals surface area contributed by atoms with Gasteiger partial charge in [-0.15, -0.1) is 0 Å². The molecule has 148 valence electrons. The number of amides is 1. The molecule has 27 heavy (non-hydrogen) atoms. The number of nitrogens with zero attached hydrogens (tertiary/aromatic N) is 2. The standard InChI is InChI=1S/C20H30FN5O/c1-2-23-19(25-17-6-10-26(11-7-17)13-18(22)27)24-14-20(8-9-20)15-4-3-5-16(21)12-15/h3-5,12,17H,2,6-11,13-14H2,1H3,(H2,22,27)(H2,23,24,25). The largest absolute Gasteiger partial charge is 0.369 e. The van der Waals surface area contributed by atoms with Crippen molar-refractivity contribution in [2.45, 2.75) is 44.1 Å². The lowest BCUT2D eigenvalue weighted by Gasteiger charge is -2.32. The highest BCUT2D eigenvalue weighted by Gasteiger charge is 2.44. The Balaban J connectivity index is 1.57. The maximum atomic E-state index is 13.6. The summed E-state index contributed by atoms with van der Waals surface area (Å²) in [6.07, 6.45) is 4.00. The molecule has 0 unspecified atom stereocenters. The fourth-order valence-electron chi connectivity index (χ4n) is 3.71. The summed E-state index contributed by atoms with van der Waals surface area (Å²) in [6.45, 7) is 5.54. The van der Waals surface area contributed by atoms with Gasteiger partial charge in [-0.25, -0.2) is 4.39 Å². The molecule has 2 fully saturated rings. The lowest BCUT2D eigenvalue weighted by Crippen LogP contribution is -2.50. The van der Waals surface area contributed by atoms with E-state index < -0.39 is 0 Å². The van der Waals surface area contributed by atoms with Crippen LogP contribution in [0.5, 0.6) is 0 Å². The highest BCUT2D eigenvalue weighted by Crippen LogP contribution is 2.48. The number of carbonyl (C=O) groups is 1. The summed E-state index contributed by atoms with van der Waals surface area (Å²) in [5.41, 5.74) is 6.30. The molecule has 2 aliphatic rings. The molecule has 0 spiro atoms. The van der Waals surface area contributed by atoms with Gasteiger partial charge in [0.15, 0.2) is 5.96 Å². The van der Waals surface area contributed by atoms with E-state index in [-0.39, 0.29) is 17.1 Å². The van der Waals surface area contributed by atoms with Crippen molar-refractivity contribution < 1.29 is 9.18 Å². The van der Waals surface area contributed by atoms with Gasteiger partial charge in [-0.05, 0) is 50.3 Å². The van der Waals surface area contributed by atoms with Crippen molar-refractivity contribution in [3.05, 3.63) is 35.6 Å². The Hall–Kier alpha value is -2.15. The SMILES string of the molecule is CCNC(=NCC1(c2cccc(F)c2)CC1)NC1CCN(CC(N)=O)CC1. The Morgan fingerprint density at radius 3 is 2.70 bits per heavy atom. The number of carbonyl (C=O) groups excluding carboxylic acids is 1. The van der Waals surface area contributed by atoms with Crippen LogP contribution in [0.1, 0.15) is 38.2 Å². The van der Waals surface area contributed by atoms with Crippen LogP contribution in [0.2, 0.25) is 0 Å². The fraction of sp³-hybridized carbons (Fsp3) is 0.600. The Morgan fingerprint density at radius 1 is 1.37 bits per heavy atom. The first-order valence-electron chi connectivity index (χ1n) is 9.82. The molecule has 6 nitrogen and oxygen atoms in total. The van der Waals surface area contributed by atoms with E-state index in [1.165, 1.54) is 6.07 Å². The summed E-state index contributed by atoms with van der Waals surface area (Å²) < 4.78 is 13.6. The fourth-order valence-corrected chi connectivity index (χ4v) is 3.71. The molecule has 3 rings (SSSR count). The molecule has 0 aromatic heterocycles. The first-order chi connectivity index (χ1) is 13.0. The number of benzene rings is 1. The average Bonchev–Trinajstić information content (AvgIpc) is 3.42. The van der Waals surface area contributed by atoms with E-state index in [4.69, 9.17) is 10.7 Å². The van der Waals surface area contributed by atoms with Crippen LogP contribution in [-0.4, -0.2) is 55.5 Å². The Kier molecular flexibility index (Phi) is 6.31. The maximum Gasteiger partial charge on any atom is 0.231 e. The Bertz CT molecular complexity index is 681. The average molecular weight is 375 g/mol. The van der Waals surface area contributed by atoms with Crippen LogP contribution in [0, 0.1) is 5.82 Å². The number of piperidine rings is 1. The van der Waals surface area contributed by atoms with Crippen LogP contribution in [0.3, 0.4) is 0 Å². The second kappa shape index (κ2) is 8.69. The number of nitrogens with two attached hydrogens (primary N) is 1. The molecule has 1 aliphatic heterocycles. The molecular formula is C20H30FN5O. The molecule has 1 aromatic rings. The summed E-state index contributed by atoms with van der Waals surface area (Å²) in [6, 6.07) is 7.23. The van der Waals surface area contributed by atoms with Crippen LogP contribution in [-0.2, 0) is 10.2 Å². The molecule has 1 heterocycles. The molecule has 0 atom stereocenters. The molecule has 1 saturated carbocycles. The normalized spacial score (nSPS) is 20.3. The van der Waals surface area contributed by atoms with Crippen molar-refractivity contribution in [3.63, 3.8) is 0 Å². The number of hydrogen-bond donors (Lipinski definition) is 3. The van der Waals surface area contributed by atoms with E-state index in [9.17, 15) is 9.18 Å². The van der Waals surface area contributed by atoms with E-state index in [1.807, 2.05) is 13.0 Å². The van der Waals surface area contributed by atoms with Crippen LogP contribution >= 0.6 is 0 Å². The van der Waals surface area contributed by atoms with E-state index in [0.717, 1.165) is 56.8 Å². The number of aliphatic imine (C=N–C) groups is 1. The summed E-state index contributed by atoms with van der Waals surface area (Å²) in [5, 5.41) is 6.83. The highest BCUT2D eigenvalue weighted by molar-refractivity contribution is 5.80. The number of rotatable bonds is 7. The van der Waals surface area contributed by atoms with Crippen molar-refractivity contribution in [2.24, 2.45) is 10.7 Å². The number of halogens is 1. The van der Waals surface area contributed by atoms with E-state index in [0.29, 0.717) is 19.1 Å². The van der Waals surface area contributed by atoms with Crippen LogP contribution in [0.25, 0.3) is 0 Å². The van der Waals surface area contributed by atoms with Gasteiger partial charge in [-0.3, -0.25) is 14.7 Å². The van der Waals surface area contributed by atoms with Crippen LogP contribution in [0.4, 0.5) is 4.39 Å². The minimum absolute atomic E-state index is 0.0185. The maximum absolute atomic E-state index is 13.6. The first kappa shape index (κ1) is 19.6. The number of guanidine groups is 1. The number of primary amides is 1. The quantitative estimate of drug-likeness (QED) is 0.496. The minimum Gasteiger partial charge on any atom is -0.369 e. The van der Waals surface area contributed by atoms with E-state index >= 15 is 0 Å². The van der Waals surface area contributed by atoms with Crippen molar-refractivity contribution in [1.82, 2.24) is 15.5 Å². The van der Waals surface area contributed by atoms with E-state index in [1.54, 1.807) is 12.1 Å². The van der Waals surface area contributed by atoms with Gasteiger partial charge < -0.3 is 16.4 Å². The van der Waals surface area contributed by atoms with Gasteiger partial charge in [-0.1, -0.05) is 12.1 Å². The molecule has 0 radical (unpaired) electrons. The third-order valence-electron chi connectivity index (χ3n) is 5.48. The summed E-state index contributed by atoms with van der Waals surface area (Å²) >= 11 is 0. The predicted molar refractivity (Wildman–Crippen MR) is 105 cm³/mol. The Labute approximate surface area is 160 Å². The molecule has 1 saturated heterocycles. The second-order valence-corrected chi connectivity index (χ2v) is 7.65. The lowest BCUT2D eigenvalue weighted by atomic mass is 9.96. The molecule has 1 aliphatic carbocycles. The predicted octanol–water partition coefficient (Wildman–Crippen LogP) is 1.36. The third-order valence-corrected chi connectivity index (χ3v) is 5.48. The van der Waals surface area contributed by atoms with Gasteiger partial charge in [0.05, 0.1) is 13.1 Å². The molecular weight excluding hydrogens is 345 g/mol. The number of hydrogen-bond acceptors (Lipinski definition) is 3. The molecule has 1 amide bonds. The third kappa shape index (κ3) is 5.42. The molecule has 0 bridgehead atoms. The van der Waals surface area contributed by atoms with Crippen molar-refractivity contribution in [1.29, 1.82) is 0 Å². The molecule has 7 heteroatoms. The van der Waals surface area contributed by atoms with Crippen molar-refractivity contribution in [2.75, 3.05) is 32.7 Å². The molecule has 4 N–H and O–H groups in total. The van der Waals surface area contributed by atoms with Crippen LogP contribution in [0.15, 0.2) is 29.3 Å². The van der Waals surface area contributed by atoms with Gasteiger partial charge in [-0.2, -0.15) is 0 Å².